The molecule has 1 unspecified atom stereocenters. The van der Waals surface area contributed by atoms with Crippen molar-refractivity contribution in [1.29, 1.82) is 0 Å². The van der Waals surface area contributed by atoms with E-state index in [1.807, 2.05) is 0 Å². The van der Waals surface area contributed by atoms with E-state index < -0.39 is 0 Å². The number of aliphatic imine (C=N–C) groups is 1. The van der Waals surface area contributed by atoms with Gasteiger partial charge in [-0.2, -0.15) is 0 Å². The molecule has 62 valence electrons. The summed E-state index contributed by atoms with van der Waals surface area (Å²) in [6.07, 6.45) is 1.50. The van der Waals surface area contributed by atoms with E-state index in [2.05, 4.69) is 9.73 Å². The van der Waals surface area contributed by atoms with E-state index >= 15 is 0 Å². The van der Waals surface area contributed by atoms with E-state index in [1.165, 1.54) is 17.9 Å². The second kappa shape index (κ2) is 3.57. The first-order chi connectivity index (χ1) is 5.24. The average Bonchev–Trinajstić information content (AvgIpc) is 2.03. The number of hydrogen-bond acceptors (Lipinski definition) is 4. The molecule has 1 atom stereocenters. The number of carbonyl (C=O) groups is 1. The van der Waals surface area contributed by atoms with Gasteiger partial charge in [0.15, 0.2) is 0 Å². The fraction of sp³-hybridized carbons (Fsp3) is 0.667. The Bertz CT molecular complexity index is 183. The Kier molecular flexibility index (Phi) is 2.70. The van der Waals surface area contributed by atoms with Crippen molar-refractivity contribution in [3.63, 3.8) is 0 Å². The minimum atomic E-state index is -0.257. The number of hydrogen-bond donors (Lipinski definition) is 0. The SMILES string of the molecule is COC(=O)C1CN=CN(Cl)C1. The Morgan fingerprint density at radius 3 is 3.18 bits per heavy atom. The summed E-state index contributed by atoms with van der Waals surface area (Å²) in [6, 6.07) is 0. The zero-order valence-corrected chi connectivity index (χ0v) is 6.91. The van der Waals surface area contributed by atoms with Crippen LogP contribution in [0.1, 0.15) is 0 Å². The summed E-state index contributed by atoms with van der Waals surface area (Å²) in [5.41, 5.74) is 0. The van der Waals surface area contributed by atoms with E-state index in [9.17, 15) is 4.79 Å². The minimum absolute atomic E-state index is 0.220. The summed E-state index contributed by atoms with van der Waals surface area (Å²) in [7, 11) is 1.36. The van der Waals surface area contributed by atoms with Crippen LogP contribution in [0, 0.1) is 5.92 Å². The molecule has 0 saturated heterocycles. The number of carbonyl (C=O) groups excluding carboxylic acids is 1. The lowest BCUT2D eigenvalue weighted by atomic mass is 10.1. The maximum atomic E-state index is 10.9. The highest BCUT2D eigenvalue weighted by Crippen LogP contribution is 2.08. The maximum Gasteiger partial charge on any atom is 0.312 e. The smallest absolute Gasteiger partial charge is 0.312 e. The summed E-state index contributed by atoms with van der Waals surface area (Å²) in [5, 5.41) is 0. The van der Waals surface area contributed by atoms with Gasteiger partial charge in [0.1, 0.15) is 0 Å². The molecule has 0 aromatic rings. The van der Waals surface area contributed by atoms with Gasteiger partial charge in [-0.05, 0) is 0 Å². The van der Waals surface area contributed by atoms with Crippen LogP contribution >= 0.6 is 11.8 Å². The van der Waals surface area contributed by atoms with Crippen molar-refractivity contribution >= 4 is 24.1 Å². The number of halogens is 1. The molecular formula is C6H9ClN2O2. The predicted octanol–water partition coefficient (Wildman–Crippen LogP) is 0.273. The topological polar surface area (TPSA) is 41.9 Å². The summed E-state index contributed by atoms with van der Waals surface area (Å²) in [5.74, 6) is -0.477. The number of nitrogens with zero attached hydrogens (tertiary/aromatic N) is 2. The van der Waals surface area contributed by atoms with E-state index in [0.717, 1.165) is 0 Å². The van der Waals surface area contributed by atoms with Gasteiger partial charge in [-0.1, -0.05) is 0 Å². The van der Waals surface area contributed by atoms with Gasteiger partial charge in [-0.15, -0.1) is 0 Å². The molecule has 4 nitrogen and oxygen atoms in total. The molecule has 1 aliphatic rings. The molecule has 0 N–H and O–H groups in total. The van der Waals surface area contributed by atoms with Crippen LogP contribution < -0.4 is 0 Å². The number of methoxy groups -OCH3 is 1. The predicted molar refractivity (Wildman–Crippen MR) is 41.4 cm³/mol. The van der Waals surface area contributed by atoms with Gasteiger partial charge in [-0.3, -0.25) is 14.2 Å². The van der Waals surface area contributed by atoms with Gasteiger partial charge in [0.05, 0.1) is 32.5 Å². The molecule has 0 saturated carbocycles. The molecule has 0 aromatic carbocycles. The van der Waals surface area contributed by atoms with Gasteiger partial charge in [0.2, 0.25) is 0 Å². The van der Waals surface area contributed by atoms with Crippen molar-refractivity contribution in [1.82, 2.24) is 4.42 Å². The van der Waals surface area contributed by atoms with Crippen LogP contribution in [0.5, 0.6) is 0 Å². The maximum absolute atomic E-state index is 10.9. The molecule has 5 heteroatoms. The third-order valence-corrected chi connectivity index (χ3v) is 1.69. The highest BCUT2D eigenvalue weighted by atomic mass is 35.5. The van der Waals surface area contributed by atoms with Crippen molar-refractivity contribution in [3.8, 4) is 0 Å². The first-order valence-electron chi connectivity index (χ1n) is 3.24. The number of rotatable bonds is 1. The Hall–Kier alpha value is -0.770. The molecule has 0 radical (unpaired) electrons. The molecule has 0 aromatic heterocycles. The standard InChI is InChI=1S/C6H9ClN2O2/c1-11-6(10)5-2-8-4-9(7)3-5/h4-5H,2-3H2,1H3. The van der Waals surface area contributed by atoms with Crippen LogP contribution in [0.25, 0.3) is 0 Å². The van der Waals surface area contributed by atoms with Crippen LogP contribution in [0.2, 0.25) is 0 Å². The molecular weight excluding hydrogens is 168 g/mol. The van der Waals surface area contributed by atoms with Gasteiger partial charge >= 0.3 is 5.97 Å². The van der Waals surface area contributed by atoms with Gasteiger partial charge in [0, 0.05) is 11.8 Å². The van der Waals surface area contributed by atoms with Crippen molar-refractivity contribution in [2.75, 3.05) is 20.2 Å². The largest absolute Gasteiger partial charge is 0.469 e. The Balaban J connectivity index is 2.49. The van der Waals surface area contributed by atoms with Crippen molar-refractivity contribution in [2.24, 2.45) is 10.9 Å². The first-order valence-corrected chi connectivity index (χ1v) is 3.58. The highest BCUT2D eigenvalue weighted by Gasteiger charge is 2.23. The Labute approximate surface area is 69.9 Å². The molecule has 0 aliphatic carbocycles. The molecule has 0 fully saturated rings. The van der Waals surface area contributed by atoms with Crippen LogP contribution in [-0.4, -0.2) is 36.9 Å². The van der Waals surface area contributed by atoms with E-state index in [1.54, 1.807) is 0 Å². The van der Waals surface area contributed by atoms with E-state index in [-0.39, 0.29) is 11.9 Å². The fourth-order valence-corrected chi connectivity index (χ4v) is 1.12. The monoisotopic (exact) mass is 176 g/mol. The van der Waals surface area contributed by atoms with Crippen molar-refractivity contribution < 1.29 is 9.53 Å². The summed E-state index contributed by atoms with van der Waals surface area (Å²) < 4.78 is 5.89. The van der Waals surface area contributed by atoms with Crippen LogP contribution in [-0.2, 0) is 9.53 Å². The molecule has 0 bridgehead atoms. The molecule has 0 amide bonds. The normalized spacial score (nSPS) is 23.5. The minimum Gasteiger partial charge on any atom is -0.469 e. The van der Waals surface area contributed by atoms with Crippen molar-refractivity contribution in [2.45, 2.75) is 0 Å². The summed E-state index contributed by atoms with van der Waals surface area (Å²) in [4.78, 5) is 14.8. The molecule has 11 heavy (non-hydrogen) atoms. The van der Waals surface area contributed by atoms with Crippen LogP contribution in [0.15, 0.2) is 4.99 Å². The molecule has 1 aliphatic heterocycles. The number of esters is 1. The lowest BCUT2D eigenvalue weighted by Crippen LogP contribution is -2.33. The number of ether oxygens (including phenoxy) is 1. The lowest BCUT2D eigenvalue weighted by Gasteiger charge is -2.20. The van der Waals surface area contributed by atoms with E-state index in [4.69, 9.17) is 11.8 Å². The van der Waals surface area contributed by atoms with Gasteiger partial charge in [0.25, 0.3) is 0 Å². The summed E-state index contributed by atoms with van der Waals surface area (Å²) in [6.45, 7) is 0.938. The fourth-order valence-electron chi connectivity index (χ4n) is 0.894. The molecule has 1 heterocycles. The zero-order chi connectivity index (χ0) is 8.27. The average molecular weight is 177 g/mol. The zero-order valence-electron chi connectivity index (χ0n) is 6.16. The van der Waals surface area contributed by atoms with Crippen LogP contribution in [0.3, 0.4) is 0 Å². The van der Waals surface area contributed by atoms with Crippen LogP contribution in [0.4, 0.5) is 0 Å². The van der Waals surface area contributed by atoms with E-state index in [0.29, 0.717) is 13.1 Å². The van der Waals surface area contributed by atoms with Crippen molar-refractivity contribution in [3.05, 3.63) is 0 Å². The highest BCUT2D eigenvalue weighted by molar-refractivity contribution is 6.19. The summed E-state index contributed by atoms with van der Waals surface area (Å²) >= 11 is 5.59. The molecule has 0 spiro atoms. The quantitative estimate of drug-likeness (QED) is 0.426. The van der Waals surface area contributed by atoms with Gasteiger partial charge < -0.3 is 4.74 Å². The first kappa shape index (κ1) is 8.33. The Morgan fingerprint density at radius 1 is 1.91 bits per heavy atom. The third kappa shape index (κ3) is 2.08. The molecule has 1 rings (SSSR count). The van der Waals surface area contributed by atoms with Gasteiger partial charge in [-0.25, -0.2) is 0 Å². The lowest BCUT2D eigenvalue weighted by molar-refractivity contribution is -0.145. The Morgan fingerprint density at radius 2 is 2.64 bits per heavy atom. The second-order valence-electron chi connectivity index (χ2n) is 2.28. The third-order valence-electron chi connectivity index (χ3n) is 1.46. The second-order valence-corrected chi connectivity index (χ2v) is 2.72.